The number of esters is 1. The number of nitrogens with one attached hydrogen (secondary N) is 1. The molecule has 1 aromatic carbocycles. The summed E-state index contributed by atoms with van der Waals surface area (Å²) in [6, 6.07) is 6.27. The molecule has 4 heteroatoms. The summed E-state index contributed by atoms with van der Waals surface area (Å²) < 4.78 is 11.2. The Bertz CT molecular complexity index is 577. The van der Waals surface area contributed by atoms with E-state index in [4.69, 9.17) is 9.47 Å². The smallest absolute Gasteiger partial charge is 0.311 e. The minimum absolute atomic E-state index is 0.130. The van der Waals surface area contributed by atoms with Crippen LogP contribution in [0.4, 0.5) is 0 Å². The Morgan fingerprint density at radius 3 is 2.76 bits per heavy atom. The molecule has 0 radical (unpaired) electrons. The topological polar surface area (TPSA) is 47.6 Å². The minimum Gasteiger partial charge on any atom is -0.493 e. The molecule has 2 atom stereocenters. The van der Waals surface area contributed by atoms with Gasteiger partial charge in [-0.25, -0.2) is 0 Å². The number of hydrogen-bond donors (Lipinski definition) is 1. The van der Waals surface area contributed by atoms with E-state index in [1.54, 1.807) is 0 Å². The van der Waals surface area contributed by atoms with Crippen LogP contribution >= 0.6 is 0 Å². The fourth-order valence-corrected chi connectivity index (χ4v) is 3.98. The molecule has 1 N–H and O–H groups in total. The van der Waals surface area contributed by atoms with Crippen molar-refractivity contribution in [2.24, 2.45) is 17.3 Å². The Hall–Kier alpha value is -1.55. The van der Waals surface area contributed by atoms with E-state index in [0.29, 0.717) is 12.5 Å². The first-order valence-electron chi connectivity index (χ1n) is 9.35. The Morgan fingerprint density at radius 2 is 2.12 bits per heavy atom. The lowest BCUT2D eigenvalue weighted by atomic mass is 9.68. The normalized spacial score (nSPS) is 19.3. The molecule has 4 nitrogen and oxygen atoms in total. The number of methoxy groups -OCH3 is 1. The molecule has 1 aliphatic rings. The standard InChI is InChI=1S/C21H33NO3/c1-15-8-9-16(2)19(13-15)25-12-10-18(17-7-6-11-22-14-17)21(3,4)20(23)24-5/h8-9,13,17-18,22H,6-7,10-12,14H2,1-5H3. The zero-order valence-electron chi connectivity index (χ0n) is 16.4. The van der Waals surface area contributed by atoms with Crippen molar-refractivity contribution in [2.75, 3.05) is 26.8 Å². The van der Waals surface area contributed by atoms with Gasteiger partial charge >= 0.3 is 5.97 Å². The fraction of sp³-hybridized carbons (Fsp3) is 0.667. The molecule has 0 aromatic heterocycles. The molecular weight excluding hydrogens is 314 g/mol. The lowest BCUT2D eigenvalue weighted by Gasteiger charge is -2.39. The first-order valence-corrected chi connectivity index (χ1v) is 9.35. The van der Waals surface area contributed by atoms with Gasteiger partial charge in [0.15, 0.2) is 0 Å². The number of rotatable bonds is 7. The summed E-state index contributed by atoms with van der Waals surface area (Å²) >= 11 is 0. The molecule has 2 unspecified atom stereocenters. The van der Waals surface area contributed by atoms with E-state index in [1.165, 1.54) is 12.7 Å². The van der Waals surface area contributed by atoms with Crippen LogP contribution in [0.25, 0.3) is 0 Å². The van der Waals surface area contributed by atoms with Crippen LogP contribution < -0.4 is 10.1 Å². The van der Waals surface area contributed by atoms with E-state index < -0.39 is 5.41 Å². The number of carbonyl (C=O) groups excluding carboxylic acids is 1. The Morgan fingerprint density at radius 1 is 1.36 bits per heavy atom. The van der Waals surface area contributed by atoms with Crippen LogP contribution in [0.1, 0.15) is 44.2 Å². The number of piperidine rings is 1. The summed E-state index contributed by atoms with van der Waals surface area (Å²) in [5.41, 5.74) is 1.83. The predicted molar refractivity (Wildman–Crippen MR) is 101 cm³/mol. The second kappa shape index (κ2) is 8.70. The van der Waals surface area contributed by atoms with E-state index in [-0.39, 0.29) is 11.9 Å². The van der Waals surface area contributed by atoms with Gasteiger partial charge in [0, 0.05) is 0 Å². The molecule has 0 spiro atoms. The molecule has 1 heterocycles. The van der Waals surface area contributed by atoms with Crippen molar-refractivity contribution in [1.29, 1.82) is 0 Å². The first-order chi connectivity index (χ1) is 11.9. The number of hydrogen-bond acceptors (Lipinski definition) is 4. The van der Waals surface area contributed by atoms with Crippen molar-refractivity contribution < 1.29 is 14.3 Å². The number of ether oxygens (including phenoxy) is 2. The zero-order chi connectivity index (χ0) is 18.4. The third kappa shape index (κ3) is 4.97. The molecule has 1 saturated heterocycles. The molecule has 1 aromatic rings. The van der Waals surface area contributed by atoms with Crippen LogP contribution in [0.3, 0.4) is 0 Å². The van der Waals surface area contributed by atoms with Gasteiger partial charge in [-0.2, -0.15) is 0 Å². The molecule has 0 amide bonds. The SMILES string of the molecule is COC(=O)C(C)(C)C(CCOc1cc(C)ccc1C)C1CCCNC1. The van der Waals surface area contributed by atoms with Gasteiger partial charge in [-0.1, -0.05) is 12.1 Å². The van der Waals surface area contributed by atoms with E-state index in [2.05, 4.69) is 37.4 Å². The van der Waals surface area contributed by atoms with Gasteiger partial charge in [-0.3, -0.25) is 4.79 Å². The van der Waals surface area contributed by atoms with Crippen LogP contribution in [-0.4, -0.2) is 32.8 Å². The van der Waals surface area contributed by atoms with Gasteiger partial charge < -0.3 is 14.8 Å². The third-order valence-corrected chi connectivity index (χ3v) is 5.57. The van der Waals surface area contributed by atoms with Gasteiger partial charge in [0.05, 0.1) is 19.1 Å². The molecule has 25 heavy (non-hydrogen) atoms. The molecule has 0 saturated carbocycles. The van der Waals surface area contributed by atoms with Crippen LogP contribution in [-0.2, 0) is 9.53 Å². The van der Waals surface area contributed by atoms with Crippen molar-refractivity contribution in [2.45, 2.75) is 47.0 Å². The fourth-order valence-electron chi connectivity index (χ4n) is 3.98. The summed E-state index contributed by atoms with van der Waals surface area (Å²) in [5, 5.41) is 3.48. The summed E-state index contributed by atoms with van der Waals surface area (Å²) in [4.78, 5) is 12.4. The summed E-state index contributed by atoms with van der Waals surface area (Å²) in [5.74, 6) is 1.52. The quantitative estimate of drug-likeness (QED) is 0.760. The van der Waals surface area contributed by atoms with Crippen LogP contribution in [0.5, 0.6) is 5.75 Å². The molecule has 1 fully saturated rings. The lowest BCUT2D eigenvalue weighted by Crippen LogP contribution is -2.44. The monoisotopic (exact) mass is 347 g/mol. The first kappa shape index (κ1) is 19.8. The van der Waals surface area contributed by atoms with E-state index >= 15 is 0 Å². The largest absolute Gasteiger partial charge is 0.493 e. The van der Waals surface area contributed by atoms with Crippen molar-refractivity contribution in [3.05, 3.63) is 29.3 Å². The average molecular weight is 347 g/mol. The van der Waals surface area contributed by atoms with Gasteiger partial charge in [-0.05, 0) is 89.1 Å². The van der Waals surface area contributed by atoms with Crippen LogP contribution in [0, 0.1) is 31.1 Å². The Labute approximate surface area is 152 Å². The summed E-state index contributed by atoms with van der Waals surface area (Å²) in [6.07, 6.45) is 3.17. The van der Waals surface area contributed by atoms with Gasteiger partial charge in [0.25, 0.3) is 0 Å². The molecular formula is C21H33NO3. The number of carbonyl (C=O) groups is 1. The Balaban J connectivity index is 2.07. The summed E-state index contributed by atoms with van der Waals surface area (Å²) in [6.45, 7) is 10.8. The zero-order valence-corrected chi connectivity index (χ0v) is 16.4. The summed E-state index contributed by atoms with van der Waals surface area (Å²) in [7, 11) is 1.48. The third-order valence-electron chi connectivity index (χ3n) is 5.57. The molecule has 0 aliphatic carbocycles. The van der Waals surface area contributed by atoms with Gasteiger partial charge in [-0.15, -0.1) is 0 Å². The van der Waals surface area contributed by atoms with Crippen molar-refractivity contribution >= 4 is 5.97 Å². The van der Waals surface area contributed by atoms with E-state index in [1.807, 2.05) is 13.8 Å². The van der Waals surface area contributed by atoms with Crippen LogP contribution in [0.2, 0.25) is 0 Å². The maximum atomic E-state index is 12.4. The van der Waals surface area contributed by atoms with Crippen molar-refractivity contribution in [3.8, 4) is 5.75 Å². The number of benzene rings is 1. The second-order valence-electron chi connectivity index (χ2n) is 7.83. The van der Waals surface area contributed by atoms with Crippen molar-refractivity contribution in [1.82, 2.24) is 5.32 Å². The number of aryl methyl sites for hydroxylation is 2. The molecule has 140 valence electrons. The van der Waals surface area contributed by atoms with Gasteiger partial charge in [0.1, 0.15) is 5.75 Å². The Kier molecular flexibility index (Phi) is 6.88. The highest BCUT2D eigenvalue weighted by atomic mass is 16.5. The van der Waals surface area contributed by atoms with Crippen molar-refractivity contribution in [3.63, 3.8) is 0 Å². The molecule has 0 bridgehead atoms. The predicted octanol–water partition coefficient (Wildman–Crippen LogP) is 3.89. The van der Waals surface area contributed by atoms with E-state index in [9.17, 15) is 4.79 Å². The maximum absolute atomic E-state index is 12.4. The second-order valence-corrected chi connectivity index (χ2v) is 7.83. The minimum atomic E-state index is -0.510. The highest BCUT2D eigenvalue weighted by Crippen LogP contribution is 2.39. The highest BCUT2D eigenvalue weighted by molar-refractivity contribution is 5.76. The lowest BCUT2D eigenvalue weighted by molar-refractivity contribution is -0.156. The molecule has 1 aliphatic heterocycles. The average Bonchev–Trinajstić information content (AvgIpc) is 2.61. The van der Waals surface area contributed by atoms with Crippen LogP contribution in [0.15, 0.2) is 18.2 Å². The maximum Gasteiger partial charge on any atom is 0.311 e. The van der Waals surface area contributed by atoms with Gasteiger partial charge in [0.2, 0.25) is 0 Å². The van der Waals surface area contributed by atoms with E-state index in [0.717, 1.165) is 43.7 Å². The molecule has 2 rings (SSSR count). The highest BCUT2D eigenvalue weighted by Gasteiger charge is 2.42.